The van der Waals surface area contributed by atoms with Gasteiger partial charge in [-0.25, -0.2) is 0 Å². The third kappa shape index (κ3) is 3.41. The molecule has 0 saturated carbocycles. The number of aliphatic carboxylic acids is 1. The van der Waals surface area contributed by atoms with Crippen LogP contribution in [0.5, 0.6) is 0 Å². The summed E-state index contributed by atoms with van der Waals surface area (Å²) in [5, 5.41) is 12.5. The fraction of sp³-hybridized carbons (Fsp3) is 0.389. The third-order valence-electron chi connectivity index (χ3n) is 4.49. The van der Waals surface area contributed by atoms with E-state index in [2.05, 4.69) is 5.32 Å². The number of alkyl halides is 3. The summed E-state index contributed by atoms with van der Waals surface area (Å²) in [7, 11) is 0. The van der Waals surface area contributed by atoms with E-state index in [1.807, 2.05) is 0 Å². The molecule has 0 radical (unpaired) electrons. The number of benzene rings is 1. The minimum absolute atomic E-state index is 0.199. The van der Waals surface area contributed by atoms with E-state index < -0.39 is 46.6 Å². The fourth-order valence-electron chi connectivity index (χ4n) is 3.34. The molecule has 6 nitrogen and oxygen atoms in total. The summed E-state index contributed by atoms with van der Waals surface area (Å²) in [5.41, 5.74) is -3.82. The number of carboxylic acids is 1. The molecule has 3 atom stereocenters. The number of ether oxygens (including phenoxy) is 1. The Hall–Kier alpha value is -2.84. The van der Waals surface area contributed by atoms with Crippen LogP contribution in [0, 0.1) is 5.41 Å². The molecule has 0 spiro atoms. The molecule has 0 aliphatic carbocycles. The first kappa shape index (κ1) is 20.5. The Morgan fingerprint density at radius 1 is 1.33 bits per heavy atom. The predicted molar refractivity (Wildman–Crippen MR) is 87.6 cm³/mol. The van der Waals surface area contributed by atoms with E-state index in [-0.39, 0.29) is 18.6 Å². The van der Waals surface area contributed by atoms with Crippen LogP contribution < -0.4 is 5.32 Å². The van der Waals surface area contributed by atoms with E-state index in [4.69, 9.17) is 4.74 Å². The molecule has 1 heterocycles. The van der Waals surface area contributed by atoms with Crippen molar-refractivity contribution in [3.63, 3.8) is 0 Å². The summed E-state index contributed by atoms with van der Waals surface area (Å²) in [6, 6.07) is 2.76. The van der Waals surface area contributed by atoms with E-state index in [9.17, 15) is 32.7 Å². The molecule has 1 aromatic rings. The molecule has 27 heavy (non-hydrogen) atoms. The van der Waals surface area contributed by atoms with Crippen LogP contribution >= 0.6 is 0 Å². The zero-order chi connectivity index (χ0) is 20.4. The van der Waals surface area contributed by atoms with Gasteiger partial charge in [0.2, 0.25) is 5.41 Å². The molecule has 3 unspecified atom stereocenters. The highest BCUT2D eigenvalue weighted by atomic mass is 19.4. The van der Waals surface area contributed by atoms with Gasteiger partial charge < -0.3 is 20.0 Å². The van der Waals surface area contributed by atoms with Crippen LogP contribution in [0.3, 0.4) is 0 Å². The summed E-state index contributed by atoms with van der Waals surface area (Å²) in [5.74, 6) is -4.60. The molecule has 0 saturated heterocycles. The molecule has 0 aromatic heterocycles. The molecule has 1 aromatic carbocycles. The summed E-state index contributed by atoms with van der Waals surface area (Å²) >= 11 is 0. The maximum absolute atomic E-state index is 13.5. The summed E-state index contributed by atoms with van der Waals surface area (Å²) in [6.07, 6.45) is -3.38. The average Bonchev–Trinajstić information content (AvgIpc) is 2.60. The number of aldehydes is 1. The quantitative estimate of drug-likeness (QED) is 0.460. The molecule has 9 heteroatoms. The molecule has 146 valence electrons. The minimum Gasteiger partial charge on any atom is -0.480 e. The molecule has 2 rings (SSSR count). The van der Waals surface area contributed by atoms with Crippen LogP contribution in [0.15, 0.2) is 36.0 Å². The molecule has 1 aliphatic heterocycles. The Bertz CT molecular complexity index is 789. The van der Waals surface area contributed by atoms with Gasteiger partial charge in [0.05, 0.1) is 12.2 Å². The van der Waals surface area contributed by atoms with Gasteiger partial charge in [0.15, 0.2) is 0 Å². The Morgan fingerprint density at radius 3 is 2.48 bits per heavy atom. The van der Waals surface area contributed by atoms with Gasteiger partial charge in [-0.15, -0.1) is 0 Å². The van der Waals surface area contributed by atoms with Gasteiger partial charge in [0.1, 0.15) is 12.3 Å². The van der Waals surface area contributed by atoms with E-state index in [0.717, 1.165) is 18.2 Å². The molecular formula is C18H18F3NO5. The first-order valence-electron chi connectivity index (χ1n) is 8.07. The van der Waals surface area contributed by atoms with E-state index in [0.29, 0.717) is 0 Å². The lowest BCUT2D eigenvalue weighted by Crippen LogP contribution is -2.61. The highest BCUT2D eigenvalue weighted by Crippen LogP contribution is 2.48. The first-order chi connectivity index (χ1) is 12.6. The second-order valence-corrected chi connectivity index (χ2v) is 6.07. The molecule has 0 bridgehead atoms. The van der Waals surface area contributed by atoms with Crippen LogP contribution in [-0.2, 0) is 25.3 Å². The van der Waals surface area contributed by atoms with Crippen LogP contribution in [0.2, 0.25) is 0 Å². The number of allylic oxidation sites excluding steroid dienone is 2. The average molecular weight is 385 g/mol. The maximum Gasteiger partial charge on any atom is 0.416 e. The van der Waals surface area contributed by atoms with Crippen molar-refractivity contribution < 1.29 is 37.4 Å². The van der Waals surface area contributed by atoms with Gasteiger partial charge in [0.25, 0.3) is 0 Å². The number of rotatable bonds is 5. The van der Waals surface area contributed by atoms with Gasteiger partial charge in [-0.05, 0) is 25.5 Å². The van der Waals surface area contributed by atoms with Gasteiger partial charge >= 0.3 is 18.1 Å². The summed E-state index contributed by atoms with van der Waals surface area (Å²) < 4.78 is 45.4. The zero-order valence-corrected chi connectivity index (χ0v) is 14.5. The normalized spacial score (nSPS) is 25.1. The van der Waals surface area contributed by atoms with E-state index in [1.54, 1.807) is 0 Å². The standard InChI is InChI=1S/C18H18F3NO5/c1-3-27-16(26)17(15(24)25)13(8-10(2)22-14(17)9-23)11-6-4-5-7-12(11)18(19,20)21/h4-9,13-14,22H,3H2,1-2H3,(H,24,25). The number of carbonyl (C=O) groups excluding carboxylic acids is 2. The van der Waals surface area contributed by atoms with Crippen molar-refractivity contribution in [3.05, 3.63) is 47.2 Å². The van der Waals surface area contributed by atoms with Gasteiger partial charge in [0, 0.05) is 11.6 Å². The minimum atomic E-state index is -4.78. The SMILES string of the molecule is CCOC(=O)C1(C(=O)O)C(C=O)NC(C)=CC1c1ccccc1C(F)(F)F. The Morgan fingerprint density at radius 2 is 1.96 bits per heavy atom. The summed E-state index contributed by atoms with van der Waals surface area (Å²) in [6.45, 7) is 2.70. The number of esters is 1. The van der Waals surface area contributed by atoms with E-state index in [1.165, 1.54) is 26.0 Å². The van der Waals surface area contributed by atoms with Crippen LogP contribution in [0.1, 0.15) is 30.9 Å². The molecule has 0 fully saturated rings. The Labute approximate surface area is 153 Å². The summed E-state index contributed by atoms with van der Waals surface area (Å²) in [4.78, 5) is 36.5. The smallest absolute Gasteiger partial charge is 0.416 e. The van der Waals surface area contributed by atoms with Gasteiger partial charge in [-0.1, -0.05) is 24.3 Å². The predicted octanol–water partition coefficient (Wildman–Crippen LogP) is 2.50. The van der Waals surface area contributed by atoms with Crippen molar-refractivity contribution in [2.75, 3.05) is 6.61 Å². The van der Waals surface area contributed by atoms with Crippen molar-refractivity contribution in [2.45, 2.75) is 32.0 Å². The van der Waals surface area contributed by atoms with E-state index >= 15 is 0 Å². The Balaban J connectivity index is 2.85. The van der Waals surface area contributed by atoms with Crippen molar-refractivity contribution in [3.8, 4) is 0 Å². The van der Waals surface area contributed by atoms with Gasteiger partial charge in [-0.2, -0.15) is 13.2 Å². The number of carbonyl (C=O) groups is 3. The van der Waals surface area contributed by atoms with Gasteiger partial charge in [-0.3, -0.25) is 9.59 Å². The number of hydrogen-bond donors (Lipinski definition) is 2. The molecule has 0 amide bonds. The van der Waals surface area contributed by atoms with Crippen molar-refractivity contribution >= 4 is 18.2 Å². The largest absolute Gasteiger partial charge is 0.480 e. The van der Waals surface area contributed by atoms with Crippen molar-refractivity contribution in [2.24, 2.45) is 5.41 Å². The number of hydrogen-bond acceptors (Lipinski definition) is 5. The number of nitrogens with one attached hydrogen (secondary N) is 1. The van der Waals surface area contributed by atoms with Crippen molar-refractivity contribution in [1.29, 1.82) is 0 Å². The van der Waals surface area contributed by atoms with Crippen LogP contribution in [-0.4, -0.2) is 36.0 Å². The second kappa shape index (κ2) is 7.42. The monoisotopic (exact) mass is 385 g/mol. The molecular weight excluding hydrogens is 367 g/mol. The third-order valence-corrected chi connectivity index (χ3v) is 4.49. The second-order valence-electron chi connectivity index (χ2n) is 6.07. The molecule has 1 aliphatic rings. The highest BCUT2D eigenvalue weighted by Gasteiger charge is 2.62. The molecule has 2 N–H and O–H groups in total. The lowest BCUT2D eigenvalue weighted by molar-refractivity contribution is -0.174. The van der Waals surface area contributed by atoms with Crippen LogP contribution in [0.25, 0.3) is 0 Å². The van der Waals surface area contributed by atoms with Crippen LogP contribution in [0.4, 0.5) is 13.2 Å². The topological polar surface area (TPSA) is 92.7 Å². The lowest BCUT2D eigenvalue weighted by atomic mass is 9.64. The number of halogens is 3. The fourth-order valence-corrected chi connectivity index (χ4v) is 3.34. The maximum atomic E-state index is 13.5. The Kier molecular flexibility index (Phi) is 5.62. The zero-order valence-electron chi connectivity index (χ0n) is 14.5. The first-order valence-corrected chi connectivity index (χ1v) is 8.07. The highest BCUT2D eigenvalue weighted by molar-refractivity contribution is 6.05. The number of carboxylic acid groups (broad SMARTS) is 1. The lowest BCUT2D eigenvalue weighted by Gasteiger charge is -2.42. The van der Waals surface area contributed by atoms with Crippen molar-refractivity contribution in [1.82, 2.24) is 5.32 Å².